The van der Waals surface area contributed by atoms with Crippen molar-refractivity contribution in [2.24, 2.45) is 0 Å². The molecule has 0 radical (unpaired) electrons. The minimum absolute atomic E-state index is 0.142. The fraction of sp³-hybridized carbons (Fsp3) is 0.100. The summed E-state index contributed by atoms with van der Waals surface area (Å²) < 4.78 is 0. The Balaban J connectivity index is 1.82. The van der Waals surface area contributed by atoms with Crippen molar-refractivity contribution < 1.29 is 4.79 Å². The number of Topliss-reactive ketones (excluding diaryl/α,β-unsaturated/α-hetero) is 1. The number of hydrogen-bond donors (Lipinski definition) is 0. The Kier molecular flexibility index (Phi) is 2.90. The van der Waals surface area contributed by atoms with E-state index in [1.165, 1.54) is 5.56 Å². The van der Waals surface area contributed by atoms with Crippen LogP contribution >= 0.6 is 0 Å². The quantitative estimate of drug-likeness (QED) is 0.622. The summed E-state index contributed by atoms with van der Waals surface area (Å²) in [6, 6.07) is 14.2. The van der Waals surface area contributed by atoms with Crippen LogP contribution in [0, 0.1) is 6.92 Å². The summed E-state index contributed by atoms with van der Waals surface area (Å²) in [4.78, 5) is 16.8. The maximum atomic E-state index is 12.6. The molecule has 0 saturated carbocycles. The zero-order valence-corrected chi connectivity index (χ0v) is 12.3. The van der Waals surface area contributed by atoms with Crippen LogP contribution in [0.15, 0.2) is 60.4 Å². The molecule has 0 fully saturated rings. The predicted molar refractivity (Wildman–Crippen MR) is 88.9 cm³/mol. The van der Waals surface area contributed by atoms with Crippen molar-refractivity contribution >= 4 is 22.6 Å². The average molecular weight is 285 g/mol. The fourth-order valence-electron chi connectivity index (χ4n) is 3.11. The van der Waals surface area contributed by atoms with Crippen molar-refractivity contribution in [2.45, 2.75) is 13.3 Å². The molecule has 0 saturated heterocycles. The first-order valence-corrected chi connectivity index (χ1v) is 7.40. The van der Waals surface area contributed by atoms with Crippen LogP contribution < -0.4 is 0 Å². The molecule has 0 unspecified atom stereocenters. The van der Waals surface area contributed by atoms with Crippen LogP contribution in [-0.4, -0.2) is 10.8 Å². The number of aryl methyl sites for hydroxylation is 1. The van der Waals surface area contributed by atoms with Gasteiger partial charge < -0.3 is 0 Å². The highest BCUT2D eigenvalue weighted by Gasteiger charge is 2.24. The van der Waals surface area contributed by atoms with E-state index in [9.17, 15) is 4.79 Å². The molecule has 1 aliphatic rings. The molecule has 1 heterocycles. The first-order valence-electron chi connectivity index (χ1n) is 7.40. The molecule has 22 heavy (non-hydrogen) atoms. The third-order valence-electron chi connectivity index (χ3n) is 4.21. The van der Waals surface area contributed by atoms with E-state index in [-0.39, 0.29) is 5.78 Å². The smallest absolute Gasteiger partial charge is 0.189 e. The van der Waals surface area contributed by atoms with Gasteiger partial charge in [-0.2, -0.15) is 0 Å². The number of fused-ring (bicyclic) bond motifs is 2. The van der Waals surface area contributed by atoms with Crippen LogP contribution in [0.4, 0.5) is 0 Å². The Bertz CT molecular complexity index is 932. The zero-order valence-electron chi connectivity index (χ0n) is 12.3. The largest absolute Gasteiger partial charge is 0.289 e. The molecule has 2 nitrogen and oxygen atoms in total. The van der Waals surface area contributed by atoms with Crippen molar-refractivity contribution in [2.75, 3.05) is 0 Å². The number of carbonyl (C=O) groups excluding carboxylic acids is 1. The van der Waals surface area contributed by atoms with E-state index in [0.29, 0.717) is 6.42 Å². The molecule has 0 aliphatic heterocycles. The molecule has 0 spiro atoms. The van der Waals surface area contributed by atoms with Gasteiger partial charge in [-0.25, -0.2) is 0 Å². The van der Waals surface area contributed by atoms with E-state index < -0.39 is 0 Å². The number of nitrogens with zero attached hydrogens (tertiary/aromatic N) is 1. The van der Waals surface area contributed by atoms with Gasteiger partial charge in [0.05, 0.1) is 0 Å². The Morgan fingerprint density at radius 1 is 1.09 bits per heavy atom. The Hall–Kier alpha value is -2.74. The Morgan fingerprint density at radius 2 is 1.95 bits per heavy atom. The van der Waals surface area contributed by atoms with Crippen molar-refractivity contribution in [3.63, 3.8) is 0 Å². The lowest BCUT2D eigenvalue weighted by Crippen LogP contribution is -1.95. The number of allylic oxidation sites excluding steroid dienone is 1. The molecule has 106 valence electrons. The van der Waals surface area contributed by atoms with Crippen molar-refractivity contribution in [3.05, 3.63) is 82.7 Å². The number of carbonyl (C=O) groups is 1. The second kappa shape index (κ2) is 4.92. The number of aromatic nitrogens is 1. The number of rotatable bonds is 1. The van der Waals surface area contributed by atoms with E-state index in [1.807, 2.05) is 48.8 Å². The summed E-state index contributed by atoms with van der Waals surface area (Å²) >= 11 is 0. The van der Waals surface area contributed by atoms with Gasteiger partial charge in [-0.05, 0) is 23.9 Å². The van der Waals surface area contributed by atoms with Crippen LogP contribution in [0.1, 0.15) is 27.0 Å². The van der Waals surface area contributed by atoms with Crippen LogP contribution in [-0.2, 0) is 6.42 Å². The van der Waals surface area contributed by atoms with Crippen LogP contribution in [0.25, 0.3) is 16.8 Å². The molecule has 1 aromatic heterocycles. The van der Waals surface area contributed by atoms with Gasteiger partial charge in [-0.3, -0.25) is 9.78 Å². The number of pyridine rings is 1. The van der Waals surface area contributed by atoms with Crippen LogP contribution in [0.2, 0.25) is 0 Å². The standard InChI is InChI=1S/C20H15NO/c1-13-6-7-19-15(8-13)9-16(20(19)22)10-17-12-21-11-14-4-2-3-5-18(14)17/h2-8,10-12H,9H2,1H3/b16-10-. The van der Waals surface area contributed by atoms with Crippen molar-refractivity contribution in [3.8, 4) is 0 Å². The molecule has 2 heteroatoms. The zero-order chi connectivity index (χ0) is 15.1. The van der Waals surface area contributed by atoms with E-state index in [0.717, 1.165) is 33.0 Å². The fourth-order valence-corrected chi connectivity index (χ4v) is 3.11. The number of benzene rings is 2. The van der Waals surface area contributed by atoms with Gasteiger partial charge >= 0.3 is 0 Å². The SMILES string of the molecule is Cc1ccc2c(c1)C/C(=C/c1cncc3ccccc13)C2=O. The summed E-state index contributed by atoms with van der Waals surface area (Å²) in [6.45, 7) is 2.06. The van der Waals surface area contributed by atoms with Crippen molar-refractivity contribution in [1.29, 1.82) is 0 Å². The van der Waals surface area contributed by atoms with E-state index in [4.69, 9.17) is 0 Å². The summed E-state index contributed by atoms with van der Waals surface area (Å²) in [5.74, 6) is 0.142. The topological polar surface area (TPSA) is 30.0 Å². The van der Waals surface area contributed by atoms with Crippen LogP contribution in [0.3, 0.4) is 0 Å². The van der Waals surface area contributed by atoms with Gasteiger partial charge in [0.15, 0.2) is 5.78 Å². The van der Waals surface area contributed by atoms with Gasteiger partial charge in [0.25, 0.3) is 0 Å². The summed E-state index contributed by atoms with van der Waals surface area (Å²) in [5.41, 5.74) is 5.01. The maximum Gasteiger partial charge on any atom is 0.189 e. The lowest BCUT2D eigenvalue weighted by molar-refractivity contribution is 0.104. The molecule has 3 aromatic rings. The first kappa shape index (κ1) is 13.0. The summed E-state index contributed by atoms with van der Waals surface area (Å²) in [6.07, 6.45) is 6.38. The minimum atomic E-state index is 0.142. The highest BCUT2D eigenvalue weighted by atomic mass is 16.1. The van der Waals surface area contributed by atoms with Gasteiger partial charge in [-0.15, -0.1) is 0 Å². The molecule has 0 atom stereocenters. The highest BCUT2D eigenvalue weighted by molar-refractivity contribution is 6.16. The monoisotopic (exact) mass is 285 g/mol. The molecule has 0 amide bonds. The third-order valence-corrected chi connectivity index (χ3v) is 4.21. The van der Waals surface area contributed by atoms with Gasteiger partial charge in [0.2, 0.25) is 0 Å². The Labute approximate surface area is 129 Å². The predicted octanol–water partition coefficient (Wildman–Crippen LogP) is 4.37. The minimum Gasteiger partial charge on any atom is -0.289 e. The maximum absolute atomic E-state index is 12.6. The second-order valence-electron chi connectivity index (χ2n) is 5.79. The molecule has 1 aliphatic carbocycles. The number of ketones is 1. The summed E-state index contributed by atoms with van der Waals surface area (Å²) in [7, 11) is 0. The van der Waals surface area contributed by atoms with E-state index in [1.54, 1.807) is 0 Å². The second-order valence-corrected chi connectivity index (χ2v) is 5.79. The molecule has 2 aromatic carbocycles. The van der Waals surface area contributed by atoms with E-state index in [2.05, 4.69) is 24.0 Å². The van der Waals surface area contributed by atoms with Crippen molar-refractivity contribution in [1.82, 2.24) is 4.98 Å². The lowest BCUT2D eigenvalue weighted by atomic mass is 10.0. The van der Waals surface area contributed by atoms with Crippen LogP contribution in [0.5, 0.6) is 0 Å². The molecule has 0 N–H and O–H groups in total. The molecule has 0 bridgehead atoms. The molecular weight excluding hydrogens is 270 g/mol. The normalized spacial score (nSPS) is 15.5. The lowest BCUT2D eigenvalue weighted by Gasteiger charge is -2.02. The molecule has 4 rings (SSSR count). The third kappa shape index (κ3) is 2.04. The average Bonchev–Trinajstić information content (AvgIpc) is 2.83. The summed E-state index contributed by atoms with van der Waals surface area (Å²) in [5, 5.41) is 2.22. The van der Waals surface area contributed by atoms with Gasteiger partial charge in [-0.1, -0.05) is 48.0 Å². The number of hydrogen-bond acceptors (Lipinski definition) is 2. The molecular formula is C20H15NO. The first-order chi connectivity index (χ1) is 10.7. The Morgan fingerprint density at radius 3 is 2.86 bits per heavy atom. The van der Waals surface area contributed by atoms with Gasteiger partial charge in [0.1, 0.15) is 0 Å². The van der Waals surface area contributed by atoms with Gasteiger partial charge in [0, 0.05) is 40.9 Å². The van der Waals surface area contributed by atoms with E-state index >= 15 is 0 Å². The highest BCUT2D eigenvalue weighted by Crippen LogP contribution is 2.29.